The largest absolute Gasteiger partial charge is 0.329 e. The van der Waals surface area contributed by atoms with Gasteiger partial charge in [-0.3, -0.25) is 4.90 Å². The van der Waals surface area contributed by atoms with Crippen LogP contribution in [0.25, 0.3) is 0 Å². The number of rotatable bonds is 4. The van der Waals surface area contributed by atoms with Crippen molar-refractivity contribution in [2.45, 2.75) is 25.3 Å². The van der Waals surface area contributed by atoms with Crippen LogP contribution in [0.4, 0.5) is 0 Å². The first-order chi connectivity index (χ1) is 6.40. The molecule has 3 heteroatoms. The average molecular weight is 183 g/mol. The van der Waals surface area contributed by atoms with Crippen molar-refractivity contribution in [1.82, 2.24) is 9.80 Å². The van der Waals surface area contributed by atoms with E-state index < -0.39 is 0 Å². The van der Waals surface area contributed by atoms with Crippen molar-refractivity contribution in [3.8, 4) is 0 Å². The van der Waals surface area contributed by atoms with Gasteiger partial charge in [0, 0.05) is 32.2 Å². The number of likely N-dealkylation sites (tertiary alicyclic amines) is 2. The number of hydrogen-bond acceptors (Lipinski definition) is 3. The van der Waals surface area contributed by atoms with E-state index in [0.717, 1.165) is 6.54 Å². The zero-order valence-corrected chi connectivity index (χ0v) is 8.41. The van der Waals surface area contributed by atoms with Crippen molar-refractivity contribution >= 4 is 0 Å². The van der Waals surface area contributed by atoms with Crippen LogP contribution in [0, 0.1) is 0 Å². The van der Waals surface area contributed by atoms with Gasteiger partial charge in [-0.1, -0.05) is 0 Å². The van der Waals surface area contributed by atoms with E-state index in [1.54, 1.807) is 0 Å². The zero-order valence-electron chi connectivity index (χ0n) is 8.41. The van der Waals surface area contributed by atoms with Crippen LogP contribution < -0.4 is 5.73 Å². The third kappa shape index (κ3) is 2.22. The van der Waals surface area contributed by atoms with Gasteiger partial charge in [-0.15, -0.1) is 0 Å². The summed E-state index contributed by atoms with van der Waals surface area (Å²) < 4.78 is 0. The molecule has 0 amide bonds. The van der Waals surface area contributed by atoms with Crippen LogP contribution in [0.2, 0.25) is 0 Å². The highest BCUT2D eigenvalue weighted by atomic mass is 15.3. The Kier molecular flexibility index (Phi) is 3.19. The van der Waals surface area contributed by atoms with E-state index in [0.29, 0.717) is 6.04 Å². The molecule has 0 bridgehead atoms. The molecule has 2 rings (SSSR count). The topological polar surface area (TPSA) is 32.5 Å². The van der Waals surface area contributed by atoms with Gasteiger partial charge in [0.1, 0.15) is 0 Å². The molecule has 2 fully saturated rings. The van der Waals surface area contributed by atoms with Crippen LogP contribution in [0.1, 0.15) is 19.3 Å². The predicted octanol–water partition coefficient (Wildman–Crippen LogP) is 0.115. The van der Waals surface area contributed by atoms with Gasteiger partial charge in [-0.25, -0.2) is 0 Å². The Hall–Kier alpha value is -0.120. The number of nitrogens with zero attached hydrogens (tertiary/aromatic N) is 2. The van der Waals surface area contributed by atoms with Gasteiger partial charge in [0.15, 0.2) is 0 Å². The Balaban J connectivity index is 1.61. The molecule has 0 aromatic heterocycles. The van der Waals surface area contributed by atoms with Crippen LogP contribution in [0.15, 0.2) is 0 Å². The highest BCUT2D eigenvalue weighted by molar-refractivity contribution is 4.84. The third-order valence-electron chi connectivity index (χ3n) is 3.44. The van der Waals surface area contributed by atoms with Crippen LogP contribution in [0.5, 0.6) is 0 Å². The van der Waals surface area contributed by atoms with Crippen LogP contribution in [-0.2, 0) is 0 Å². The fourth-order valence-corrected chi connectivity index (χ4v) is 2.33. The van der Waals surface area contributed by atoms with E-state index in [1.165, 1.54) is 52.0 Å². The molecule has 2 aliphatic rings. The highest BCUT2D eigenvalue weighted by Gasteiger charge is 2.26. The minimum atomic E-state index is 0.697. The molecular weight excluding hydrogens is 162 g/mol. The van der Waals surface area contributed by atoms with E-state index in [1.807, 2.05) is 0 Å². The molecule has 1 atom stereocenters. The van der Waals surface area contributed by atoms with E-state index in [4.69, 9.17) is 5.73 Å². The van der Waals surface area contributed by atoms with Crippen molar-refractivity contribution in [2.24, 2.45) is 5.73 Å². The lowest BCUT2D eigenvalue weighted by Crippen LogP contribution is -2.53. The predicted molar refractivity (Wildman–Crippen MR) is 54.7 cm³/mol. The Morgan fingerprint density at radius 2 is 1.85 bits per heavy atom. The maximum atomic E-state index is 5.65. The Morgan fingerprint density at radius 3 is 2.38 bits per heavy atom. The lowest BCUT2D eigenvalue weighted by molar-refractivity contribution is 0.0849. The summed E-state index contributed by atoms with van der Waals surface area (Å²) in [5.74, 6) is 0. The van der Waals surface area contributed by atoms with E-state index in [-0.39, 0.29) is 0 Å². The lowest BCUT2D eigenvalue weighted by Gasteiger charge is -2.41. The highest BCUT2D eigenvalue weighted by Crippen LogP contribution is 2.16. The normalized spacial score (nSPS) is 30.7. The fourth-order valence-electron chi connectivity index (χ4n) is 2.33. The molecule has 2 aliphatic heterocycles. The summed E-state index contributed by atoms with van der Waals surface area (Å²) in [6.45, 7) is 7.26. The average Bonchev–Trinajstić information content (AvgIpc) is 2.56. The van der Waals surface area contributed by atoms with E-state index >= 15 is 0 Å². The second-order valence-electron chi connectivity index (χ2n) is 4.26. The van der Waals surface area contributed by atoms with Crippen molar-refractivity contribution in [3.63, 3.8) is 0 Å². The molecule has 76 valence electrons. The van der Waals surface area contributed by atoms with Crippen LogP contribution in [0.3, 0.4) is 0 Å². The maximum absolute atomic E-state index is 5.65. The third-order valence-corrected chi connectivity index (χ3v) is 3.44. The Labute approximate surface area is 80.9 Å². The molecule has 0 aliphatic carbocycles. The summed E-state index contributed by atoms with van der Waals surface area (Å²) in [6.07, 6.45) is 4.12. The molecule has 0 saturated carbocycles. The number of hydrogen-bond donors (Lipinski definition) is 1. The molecule has 0 aromatic carbocycles. The summed E-state index contributed by atoms with van der Waals surface area (Å²) in [6, 6.07) is 0.697. The first-order valence-corrected chi connectivity index (χ1v) is 5.56. The van der Waals surface area contributed by atoms with E-state index in [9.17, 15) is 0 Å². The second kappa shape index (κ2) is 4.40. The maximum Gasteiger partial charge on any atom is 0.0231 e. The van der Waals surface area contributed by atoms with Gasteiger partial charge in [0.05, 0.1) is 0 Å². The molecule has 2 heterocycles. The van der Waals surface area contributed by atoms with Crippen molar-refractivity contribution < 1.29 is 0 Å². The van der Waals surface area contributed by atoms with Crippen LogP contribution in [-0.4, -0.2) is 55.1 Å². The zero-order chi connectivity index (χ0) is 9.10. The van der Waals surface area contributed by atoms with Crippen LogP contribution >= 0.6 is 0 Å². The molecule has 0 spiro atoms. The Morgan fingerprint density at radius 1 is 1.08 bits per heavy atom. The molecule has 2 saturated heterocycles. The lowest BCUT2D eigenvalue weighted by atomic mass is 10.0. The van der Waals surface area contributed by atoms with E-state index in [2.05, 4.69) is 9.80 Å². The van der Waals surface area contributed by atoms with Crippen molar-refractivity contribution in [2.75, 3.05) is 39.3 Å². The minimum Gasteiger partial charge on any atom is -0.329 e. The summed E-state index contributed by atoms with van der Waals surface area (Å²) in [4.78, 5) is 5.10. The minimum absolute atomic E-state index is 0.697. The van der Waals surface area contributed by atoms with Gasteiger partial charge < -0.3 is 10.6 Å². The quantitative estimate of drug-likeness (QED) is 0.672. The fraction of sp³-hybridized carbons (Fsp3) is 1.00. The van der Waals surface area contributed by atoms with Gasteiger partial charge in [0.2, 0.25) is 0 Å². The molecule has 1 unspecified atom stereocenters. The smallest absolute Gasteiger partial charge is 0.0231 e. The van der Waals surface area contributed by atoms with Gasteiger partial charge in [0.25, 0.3) is 0 Å². The molecule has 2 N–H and O–H groups in total. The molecule has 0 radical (unpaired) electrons. The SMILES string of the molecule is NCC1CCN1CCN1CCCC1. The van der Waals surface area contributed by atoms with Crippen molar-refractivity contribution in [3.05, 3.63) is 0 Å². The molecule has 3 nitrogen and oxygen atoms in total. The van der Waals surface area contributed by atoms with Gasteiger partial charge >= 0.3 is 0 Å². The summed E-state index contributed by atoms with van der Waals surface area (Å²) >= 11 is 0. The molecule has 13 heavy (non-hydrogen) atoms. The summed E-state index contributed by atoms with van der Waals surface area (Å²) in [5, 5.41) is 0. The second-order valence-corrected chi connectivity index (χ2v) is 4.26. The molecular formula is C10H21N3. The number of nitrogens with two attached hydrogens (primary N) is 1. The van der Waals surface area contributed by atoms with Gasteiger partial charge in [-0.05, 0) is 32.4 Å². The van der Waals surface area contributed by atoms with Crippen molar-refractivity contribution in [1.29, 1.82) is 0 Å². The first-order valence-electron chi connectivity index (χ1n) is 5.56. The molecule has 0 aromatic rings. The standard InChI is InChI=1S/C10H21N3/c11-9-10-3-6-13(10)8-7-12-4-1-2-5-12/h10H,1-9,11H2. The Bertz CT molecular complexity index is 152. The summed E-state index contributed by atoms with van der Waals surface area (Å²) in [5.41, 5.74) is 5.65. The monoisotopic (exact) mass is 183 g/mol. The first kappa shape index (κ1) is 9.44. The van der Waals surface area contributed by atoms with Gasteiger partial charge in [-0.2, -0.15) is 0 Å². The summed E-state index contributed by atoms with van der Waals surface area (Å²) in [7, 11) is 0.